The van der Waals surface area contributed by atoms with Gasteiger partial charge in [0.15, 0.2) is 0 Å². The van der Waals surface area contributed by atoms with Crippen LogP contribution in [0.5, 0.6) is 0 Å². The van der Waals surface area contributed by atoms with Gasteiger partial charge in [-0.15, -0.1) is 0 Å². The molecule has 10 heteroatoms. The predicted molar refractivity (Wildman–Crippen MR) is 125 cm³/mol. The summed E-state index contributed by atoms with van der Waals surface area (Å²) in [5.41, 5.74) is 0.114. The number of nitrogens with zero attached hydrogens (tertiary/aromatic N) is 4. The Morgan fingerprint density at radius 3 is 2.33 bits per heavy atom. The second kappa shape index (κ2) is 9.02. The van der Waals surface area contributed by atoms with E-state index in [2.05, 4.69) is 6.07 Å². The maximum absolute atomic E-state index is 13.9. The number of anilines is 1. The van der Waals surface area contributed by atoms with Crippen molar-refractivity contribution >= 4 is 46.8 Å². The van der Waals surface area contributed by atoms with Crippen molar-refractivity contribution in [3.05, 3.63) is 63.6 Å². The second-order valence-electron chi connectivity index (χ2n) is 7.88. The molecule has 2 aliphatic rings. The largest absolute Gasteiger partial charge is 0.480 e. The molecule has 2 heterocycles. The number of amides is 3. The minimum atomic E-state index is -1.32. The second-order valence-corrected chi connectivity index (χ2v) is 8.76. The highest BCUT2D eigenvalue weighted by molar-refractivity contribution is 6.35. The lowest BCUT2D eigenvalue weighted by molar-refractivity contribution is -0.138. The number of hydrogen-bond donors (Lipinski definition) is 1. The molecule has 2 saturated heterocycles. The number of aliphatic carboxylic acids is 1. The Labute approximate surface area is 201 Å². The Balaban J connectivity index is 0.00000306. The van der Waals surface area contributed by atoms with E-state index in [0.717, 1.165) is 10.5 Å². The van der Waals surface area contributed by atoms with Gasteiger partial charge in [-0.25, -0.2) is 9.69 Å². The van der Waals surface area contributed by atoms with Crippen LogP contribution in [0.1, 0.15) is 24.5 Å². The number of halogens is 2. The third-order valence-electron chi connectivity index (χ3n) is 6.04. The number of carboxylic acids is 1. The summed E-state index contributed by atoms with van der Waals surface area (Å²) in [6.45, 7) is 0.0361. The molecule has 33 heavy (non-hydrogen) atoms. The molecule has 172 valence electrons. The van der Waals surface area contributed by atoms with Crippen molar-refractivity contribution in [2.45, 2.75) is 18.9 Å². The quantitative estimate of drug-likeness (QED) is 0.655. The molecular formula is C23H22Cl2N4O4. The van der Waals surface area contributed by atoms with Crippen molar-refractivity contribution in [1.82, 2.24) is 9.80 Å². The van der Waals surface area contributed by atoms with E-state index in [-0.39, 0.29) is 42.8 Å². The molecule has 2 fully saturated rings. The molecule has 0 aliphatic carbocycles. The predicted octanol–water partition coefficient (Wildman–Crippen LogP) is 3.82. The summed E-state index contributed by atoms with van der Waals surface area (Å²) >= 11 is 12.2. The van der Waals surface area contributed by atoms with Gasteiger partial charge < -0.3 is 10.0 Å². The summed E-state index contributed by atoms with van der Waals surface area (Å²) in [6.07, 6.45) is 0. The topological polar surface area (TPSA) is 105 Å². The number of hydrogen-bond acceptors (Lipinski definition) is 5. The van der Waals surface area contributed by atoms with Crippen LogP contribution in [0, 0.1) is 11.3 Å². The minimum absolute atomic E-state index is 0. The first-order valence-electron chi connectivity index (χ1n) is 9.70. The first-order chi connectivity index (χ1) is 15.2. The Morgan fingerprint density at radius 2 is 1.79 bits per heavy atom. The molecule has 1 N–H and O–H groups in total. The fourth-order valence-electron chi connectivity index (χ4n) is 4.60. The standard InChI is InChI=1S/C22H18Cl2N4O4.CH4/c1-26-21(32)28(17-7-15(23)6-16(24)8-17)20(31)22(26)12-27(11-19(29)30)10-18(22)14-4-2-13(9-25)3-5-14;/h2-8,18H,10-12H2,1H3,(H,29,30);1H4/t18-,22+;/m0./s1. The molecule has 3 amide bonds. The third-order valence-corrected chi connectivity index (χ3v) is 6.48. The molecule has 2 atom stereocenters. The lowest BCUT2D eigenvalue weighted by Crippen LogP contribution is -2.53. The van der Waals surface area contributed by atoms with E-state index in [4.69, 9.17) is 28.5 Å². The van der Waals surface area contributed by atoms with E-state index in [0.29, 0.717) is 5.56 Å². The van der Waals surface area contributed by atoms with Crippen molar-refractivity contribution in [2.75, 3.05) is 31.6 Å². The van der Waals surface area contributed by atoms with E-state index in [1.54, 1.807) is 29.2 Å². The number of carboxylic acid groups (broad SMARTS) is 1. The van der Waals surface area contributed by atoms with Gasteiger partial charge in [0.1, 0.15) is 5.54 Å². The average Bonchev–Trinajstić information content (AvgIpc) is 3.19. The van der Waals surface area contributed by atoms with Crippen LogP contribution in [0.4, 0.5) is 10.5 Å². The van der Waals surface area contributed by atoms with E-state index < -0.39 is 29.4 Å². The van der Waals surface area contributed by atoms with Crippen LogP contribution in [0.25, 0.3) is 0 Å². The molecule has 2 aromatic rings. The first kappa shape index (κ1) is 24.5. The van der Waals surface area contributed by atoms with Crippen molar-refractivity contribution in [3.63, 3.8) is 0 Å². The molecule has 0 aromatic heterocycles. The highest BCUT2D eigenvalue weighted by atomic mass is 35.5. The Hall–Kier alpha value is -3.12. The first-order valence-corrected chi connectivity index (χ1v) is 10.5. The SMILES string of the molecule is C.CN1C(=O)N(c2cc(Cl)cc(Cl)c2)C(=O)[C@]12CN(CC(=O)O)C[C@H]2c1ccc(C#N)cc1. The summed E-state index contributed by atoms with van der Waals surface area (Å²) < 4.78 is 0. The van der Waals surface area contributed by atoms with Crippen LogP contribution in [-0.4, -0.2) is 65.0 Å². The van der Waals surface area contributed by atoms with Crippen molar-refractivity contribution < 1.29 is 19.5 Å². The summed E-state index contributed by atoms with van der Waals surface area (Å²) in [5.74, 6) is -2.01. The number of carbonyl (C=O) groups is 3. The zero-order valence-corrected chi connectivity index (χ0v) is 18.5. The molecule has 8 nitrogen and oxygen atoms in total. The minimum Gasteiger partial charge on any atom is -0.480 e. The van der Waals surface area contributed by atoms with E-state index in [1.165, 1.54) is 30.1 Å². The van der Waals surface area contributed by atoms with Crippen molar-refractivity contribution in [2.24, 2.45) is 0 Å². The highest BCUT2D eigenvalue weighted by Crippen LogP contribution is 2.46. The molecule has 2 aromatic carbocycles. The Kier molecular flexibility index (Phi) is 6.70. The summed E-state index contributed by atoms with van der Waals surface area (Å²) in [6, 6.07) is 12.7. The lowest BCUT2D eigenvalue weighted by Gasteiger charge is -2.34. The van der Waals surface area contributed by atoms with E-state index >= 15 is 0 Å². The molecular weight excluding hydrogens is 467 g/mol. The van der Waals surface area contributed by atoms with Gasteiger partial charge in [-0.05, 0) is 35.9 Å². The fraction of sp³-hybridized carbons (Fsp3) is 0.304. The maximum atomic E-state index is 13.9. The summed E-state index contributed by atoms with van der Waals surface area (Å²) in [5, 5.41) is 19.0. The van der Waals surface area contributed by atoms with Crippen LogP contribution in [0.3, 0.4) is 0 Å². The molecule has 0 unspecified atom stereocenters. The number of benzene rings is 2. The summed E-state index contributed by atoms with van der Waals surface area (Å²) in [4.78, 5) is 42.6. The highest BCUT2D eigenvalue weighted by Gasteiger charge is 2.64. The number of nitriles is 1. The maximum Gasteiger partial charge on any atom is 0.332 e. The number of imide groups is 1. The smallest absolute Gasteiger partial charge is 0.332 e. The molecule has 1 spiro atoms. The van der Waals surface area contributed by atoms with Gasteiger partial charge >= 0.3 is 12.0 Å². The molecule has 0 bridgehead atoms. The van der Waals surface area contributed by atoms with Crippen LogP contribution in [-0.2, 0) is 9.59 Å². The molecule has 2 aliphatic heterocycles. The normalized spacial score (nSPS) is 22.5. The monoisotopic (exact) mass is 488 g/mol. The van der Waals surface area contributed by atoms with Crippen molar-refractivity contribution in [1.29, 1.82) is 5.26 Å². The van der Waals surface area contributed by atoms with E-state index in [1.807, 2.05) is 0 Å². The van der Waals surface area contributed by atoms with Crippen LogP contribution < -0.4 is 4.90 Å². The van der Waals surface area contributed by atoms with Gasteiger partial charge in [-0.1, -0.05) is 42.8 Å². The average molecular weight is 489 g/mol. The van der Waals surface area contributed by atoms with Gasteiger partial charge in [-0.3, -0.25) is 14.5 Å². The number of likely N-dealkylation sites (N-methyl/N-ethyl adjacent to an activating group) is 1. The van der Waals surface area contributed by atoms with Gasteiger partial charge in [0, 0.05) is 36.1 Å². The number of likely N-dealkylation sites (tertiary alicyclic amines) is 1. The zero-order chi connectivity index (χ0) is 23.2. The third kappa shape index (κ3) is 4.04. The Morgan fingerprint density at radius 1 is 1.18 bits per heavy atom. The molecule has 0 radical (unpaired) electrons. The van der Waals surface area contributed by atoms with Gasteiger partial charge in [-0.2, -0.15) is 5.26 Å². The van der Waals surface area contributed by atoms with Gasteiger partial charge in [0.25, 0.3) is 5.91 Å². The number of rotatable bonds is 4. The lowest BCUT2D eigenvalue weighted by atomic mass is 9.80. The molecule has 4 rings (SSSR count). The Bertz CT molecular complexity index is 1140. The van der Waals surface area contributed by atoms with Gasteiger partial charge in [0.05, 0.1) is 23.9 Å². The van der Waals surface area contributed by atoms with Crippen LogP contribution in [0.15, 0.2) is 42.5 Å². The van der Waals surface area contributed by atoms with Gasteiger partial charge in [0.2, 0.25) is 0 Å². The zero-order valence-electron chi connectivity index (χ0n) is 17.0. The van der Waals surface area contributed by atoms with Crippen LogP contribution in [0.2, 0.25) is 10.0 Å². The van der Waals surface area contributed by atoms with Crippen LogP contribution >= 0.6 is 23.2 Å². The van der Waals surface area contributed by atoms with Crippen molar-refractivity contribution in [3.8, 4) is 6.07 Å². The summed E-state index contributed by atoms with van der Waals surface area (Å²) in [7, 11) is 1.54. The number of carbonyl (C=O) groups excluding carboxylic acids is 2. The molecule has 0 saturated carbocycles. The number of urea groups is 1. The fourth-order valence-corrected chi connectivity index (χ4v) is 5.12. The van der Waals surface area contributed by atoms with E-state index in [9.17, 15) is 19.5 Å².